The summed E-state index contributed by atoms with van der Waals surface area (Å²) in [5.41, 5.74) is 0.848. The van der Waals surface area contributed by atoms with Crippen LogP contribution in [0.5, 0.6) is 0 Å². The molecule has 0 spiro atoms. The van der Waals surface area contributed by atoms with Crippen LogP contribution in [0.1, 0.15) is 19.4 Å². The third-order valence-corrected chi connectivity index (χ3v) is 5.03. The summed E-state index contributed by atoms with van der Waals surface area (Å²) in [7, 11) is -3.54. The van der Waals surface area contributed by atoms with Crippen molar-refractivity contribution >= 4 is 31.9 Å². The van der Waals surface area contributed by atoms with Gasteiger partial charge in [-0.25, -0.2) is 13.1 Å². The lowest BCUT2D eigenvalue weighted by molar-refractivity contribution is -0.123. The van der Waals surface area contributed by atoms with Gasteiger partial charge in [0.05, 0.1) is 4.90 Å². The van der Waals surface area contributed by atoms with Gasteiger partial charge >= 0.3 is 0 Å². The van der Waals surface area contributed by atoms with Crippen LogP contribution in [0.15, 0.2) is 27.6 Å². The van der Waals surface area contributed by atoms with Gasteiger partial charge in [-0.3, -0.25) is 4.79 Å². The summed E-state index contributed by atoms with van der Waals surface area (Å²) in [6, 6.07) is 4.83. The van der Waals surface area contributed by atoms with E-state index in [1.807, 2.05) is 6.92 Å². The van der Waals surface area contributed by atoms with E-state index < -0.39 is 10.0 Å². The maximum atomic E-state index is 12.0. The van der Waals surface area contributed by atoms with Crippen LogP contribution in [-0.2, 0) is 14.8 Å². The molecule has 0 fully saturated rings. The molecular formula is C13H19BrN2O3S. The number of amides is 1. The van der Waals surface area contributed by atoms with Crippen LogP contribution in [0.25, 0.3) is 0 Å². The summed E-state index contributed by atoms with van der Waals surface area (Å²) in [5.74, 6) is -0.204. The lowest BCUT2D eigenvalue weighted by atomic mass is 10.2. The topological polar surface area (TPSA) is 75.3 Å². The van der Waals surface area contributed by atoms with E-state index in [1.54, 1.807) is 26.0 Å². The third kappa shape index (κ3) is 4.88. The number of benzene rings is 1. The highest BCUT2D eigenvalue weighted by Crippen LogP contribution is 2.19. The Morgan fingerprint density at radius 1 is 1.30 bits per heavy atom. The molecule has 0 aromatic heterocycles. The van der Waals surface area contributed by atoms with Crippen molar-refractivity contribution in [2.75, 3.05) is 13.1 Å². The van der Waals surface area contributed by atoms with Gasteiger partial charge in [0.1, 0.15) is 0 Å². The quantitative estimate of drug-likeness (QED) is 0.757. The van der Waals surface area contributed by atoms with Gasteiger partial charge in [0.25, 0.3) is 0 Å². The molecule has 5 nitrogen and oxygen atoms in total. The fraction of sp³-hybridized carbons (Fsp3) is 0.462. The van der Waals surface area contributed by atoms with Gasteiger partial charge in [0.15, 0.2) is 0 Å². The van der Waals surface area contributed by atoms with Crippen LogP contribution >= 0.6 is 15.9 Å². The van der Waals surface area contributed by atoms with Gasteiger partial charge < -0.3 is 5.32 Å². The second-order valence-electron chi connectivity index (χ2n) is 4.75. The Labute approximate surface area is 128 Å². The molecule has 2 N–H and O–H groups in total. The number of aryl methyl sites for hydroxylation is 1. The van der Waals surface area contributed by atoms with Crippen molar-refractivity contribution in [2.24, 2.45) is 5.92 Å². The first-order chi connectivity index (χ1) is 9.24. The number of sulfonamides is 1. The van der Waals surface area contributed by atoms with E-state index >= 15 is 0 Å². The Morgan fingerprint density at radius 2 is 1.95 bits per heavy atom. The lowest BCUT2D eigenvalue weighted by Gasteiger charge is -2.10. The van der Waals surface area contributed by atoms with E-state index in [0.29, 0.717) is 0 Å². The first-order valence-electron chi connectivity index (χ1n) is 6.27. The zero-order valence-corrected chi connectivity index (χ0v) is 14.1. The SMILES string of the molecule is Cc1cc(S(=O)(=O)NCCNC(=O)C(C)C)ccc1Br. The monoisotopic (exact) mass is 362 g/mol. The number of carbonyl (C=O) groups is 1. The normalized spacial score (nSPS) is 11.7. The maximum absolute atomic E-state index is 12.0. The van der Waals surface area contributed by atoms with E-state index in [4.69, 9.17) is 0 Å². The van der Waals surface area contributed by atoms with Crippen molar-refractivity contribution in [1.82, 2.24) is 10.0 Å². The Bertz CT molecular complexity index is 585. The lowest BCUT2D eigenvalue weighted by Crippen LogP contribution is -2.36. The van der Waals surface area contributed by atoms with Crippen LogP contribution in [-0.4, -0.2) is 27.4 Å². The molecule has 1 aromatic carbocycles. The molecule has 0 aliphatic carbocycles. The highest BCUT2D eigenvalue weighted by molar-refractivity contribution is 9.10. The van der Waals surface area contributed by atoms with Crippen LogP contribution in [0.4, 0.5) is 0 Å². The first-order valence-corrected chi connectivity index (χ1v) is 8.55. The molecule has 20 heavy (non-hydrogen) atoms. The predicted molar refractivity (Wildman–Crippen MR) is 81.9 cm³/mol. The van der Waals surface area contributed by atoms with Crippen LogP contribution in [0, 0.1) is 12.8 Å². The van der Waals surface area contributed by atoms with Crippen molar-refractivity contribution in [3.05, 3.63) is 28.2 Å². The molecule has 0 aliphatic heterocycles. The number of carbonyl (C=O) groups excluding carboxylic acids is 1. The minimum absolute atomic E-state index is 0.0938. The zero-order chi connectivity index (χ0) is 15.3. The highest BCUT2D eigenvalue weighted by atomic mass is 79.9. The van der Waals surface area contributed by atoms with Crippen molar-refractivity contribution in [3.63, 3.8) is 0 Å². The third-order valence-electron chi connectivity index (χ3n) is 2.68. The second-order valence-corrected chi connectivity index (χ2v) is 7.38. The van der Waals surface area contributed by atoms with Crippen LogP contribution < -0.4 is 10.0 Å². The van der Waals surface area contributed by atoms with E-state index in [2.05, 4.69) is 26.0 Å². The molecule has 0 bridgehead atoms. The molecule has 1 amide bonds. The molecule has 0 aliphatic rings. The fourth-order valence-electron chi connectivity index (χ4n) is 1.44. The molecule has 1 rings (SSSR count). The maximum Gasteiger partial charge on any atom is 0.240 e. The van der Waals surface area contributed by atoms with E-state index in [0.717, 1.165) is 10.0 Å². The second kappa shape index (κ2) is 7.19. The van der Waals surface area contributed by atoms with E-state index in [1.165, 1.54) is 6.07 Å². The molecule has 0 saturated carbocycles. The molecule has 0 heterocycles. The number of nitrogens with one attached hydrogen (secondary N) is 2. The van der Waals surface area contributed by atoms with Gasteiger partial charge in [0.2, 0.25) is 15.9 Å². The standard InChI is InChI=1S/C13H19BrN2O3S/c1-9(2)13(17)15-6-7-16-20(18,19)11-4-5-12(14)10(3)8-11/h4-5,8-9,16H,6-7H2,1-3H3,(H,15,17). The van der Waals surface area contributed by atoms with Gasteiger partial charge in [-0.05, 0) is 30.7 Å². The minimum atomic E-state index is -3.54. The predicted octanol–water partition coefficient (Wildman–Crippen LogP) is 1.81. The molecule has 0 saturated heterocycles. The van der Waals surface area contributed by atoms with Gasteiger partial charge in [-0.1, -0.05) is 29.8 Å². The first kappa shape index (κ1) is 17.1. The number of hydrogen-bond acceptors (Lipinski definition) is 3. The molecule has 112 valence electrons. The smallest absolute Gasteiger partial charge is 0.240 e. The molecule has 0 unspecified atom stereocenters. The van der Waals surface area contributed by atoms with Crippen molar-refractivity contribution < 1.29 is 13.2 Å². The summed E-state index contributed by atoms with van der Waals surface area (Å²) in [6.45, 7) is 5.82. The van der Waals surface area contributed by atoms with Crippen molar-refractivity contribution in [2.45, 2.75) is 25.7 Å². The van der Waals surface area contributed by atoms with Crippen LogP contribution in [0.2, 0.25) is 0 Å². The average Bonchev–Trinajstić information content (AvgIpc) is 2.37. The number of halogens is 1. The molecule has 1 aromatic rings. The van der Waals surface area contributed by atoms with Crippen molar-refractivity contribution in [3.8, 4) is 0 Å². The summed E-state index contributed by atoms with van der Waals surface area (Å²) in [5, 5.41) is 2.65. The Kier molecular flexibility index (Phi) is 6.16. The summed E-state index contributed by atoms with van der Waals surface area (Å²) in [4.78, 5) is 11.5. The van der Waals surface area contributed by atoms with Crippen molar-refractivity contribution in [1.29, 1.82) is 0 Å². The number of hydrogen-bond donors (Lipinski definition) is 2. The van der Waals surface area contributed by atoms with Gasteiger partial charge in [-0.15, -0.1) is 0 Å². The van der Waals surface area contributed by atoms with Gasteiger partial charge in [0, 0.05) is 23.5 Å². The molecule has 0 radical (unpaired) electrons. The van der Waals surface area contributed by atoms with E-state index in [-0.39, 0.29) is 29.8 Å². The minimum Gasteiger partial charge on any atom is -0.355 e. The highest BCUT2D eigenvalue weighted by Gasteiger charge is 2.14. The zero-order valence-electron chi connectivity index (χ0n) is 11.7. The van der Waals surface area contributed by atoms with Crippen LogP contribution in [0.3, 0.4) is 0 Å². The summed E-state index contributed by atoms with van der Waals surface area (Å²) >= 11 is 3.33. The Balaban J connectivity index is 2.58. The summed E-state index contributed by atoms with van der Waals surface area (Å²) in [6.07, 6.45) is 0. The number of rotatable bonds is 6. The largest absolute Gasteiger partial charge is 0.355 e. The Morgan fingerprint density at radius 3 is 2.50 bits per heavy atom. The summed E-state index contributed by atoms with van der Waals surface area (Å²) < 4.78 is 27.4. The molecule has 0 atom stereocenters. The molecule has 7 heteroatoms. The van der Waals surface area contributed by atoms with E-state index in [9.17, 15) is 13.2 Å². The molecular weight excluding hydrogens is 344 g/mol. The average molecular weight is 363 g/mol. The van der Waals surface area contributed by atoms with Gasteiger partial charge in [-0.2, -0.15) is 0 Å². The fourth-order valence-corrected chi connectivity index (χ4v) is 2.81. The Hall–Kier alpha value is -0.920.